The number of hydrogen-bond donors (Lipinski definition) is 0. The minimum Gasteiger partial charge on any atom is -0.458 e. The molecule has 86 valence electrons. The van der Waals surface area contributed by atoms with Crippen LogP contribution in [0.2, 0.25) is 0 Å². The van der Waals surface area contributed by atoms with E-state index in [9.17, 15) is 4.79 Å². The molecule has 2 saturated carbocycles. The van der Waals surface area contributed by atoms with Crippen LogP contribution < -0.4 is 0 Å². The monoisotopic (exact) mass is 230 g/mol. The van der Waals surface area contributed by atoms with Crippen molar-refractivity contribution < 1.29 is 9.53 Å². The molecule has 0 unspecified atom stereocenters. The number of halogens is 1. The average molecular weight is 231 g/mol. The molecular weight excluding hydrogens is 212 g/mol. The van der Waals surface area contributed by atoms with Gasteiger partial charge in [-0.15, -0.1) is 11.6 Å². The van der Waals surface area contributed by atoms with Crippen LogP contribution in [-0.2, 0) is 9.53 Å². The van der Waals surface area contributed by atoms with Crippen molar-refractivity contribution in [3.63, 3.8) is 0 Å². The van der Waals surface area contributed by atoms with E-state index >= 15 is 0 Å². The lowest BCUT2D eigenvalue weighted by Gasteiger charge is -2.18. The van der Waals surface area contributed by atoms with Crippen LogP contribution in [0.5, 0.6) is 0 Å². The minimum absolute atomic E-state index is 0.00833. The Labute approximate surface area is 96.3 Å². The molecule has 2 nitrogen and oxygen atoms in total. The molecule has 2 aliphatic carbocycles. The van der Waals surface area contributed by atoms with Gasteiger partial charge in [-0.25, -0.2) is 0 Å². The first-order chi connectivity index (χ1) is 7.18. The summed E-state index contributed by atoms with van der Waals surface area (Å²) in [6.07, 6.45) is 8.28. The molecule has 2 atom stereocenters. The third-order valence-corrected chi connectivity index (χ3v) is 4.35. The Morgan fingerprint density at radius 1 is 1.47 bits per heavy atom. The molecule has 2 rings (SSSR count). The third kappa shape index (κ3) is 1.77. The maximum atomic E-state index is 11.3. The SMILES string of the molecule is CCCC[C@]12CCC[C@@]1(OC(=O)CCl)C2. The fourth-order valence-electron chi connectivity index (χ4n) is 3.28. The van der Waals surface area contributed by atoms with Crippen molar-refractivity contribution >= 4 is 17.6 Å². The van der Waals surface area contributed by atoms with Gasteiger partial charge in [0, 0.05) is 5.41 Å². The van der Waals surface area contributed by atoms with Crippen LogP contribution in [0.15, 0.2) is 0 Å². The summed E-state index contributed by atoms with van der Waals surface area (Å²) in [5, 5.41) is 0. The molecule has 3 heteroatoms. The molecule has 0 aliphatic heterocycles. The van der Waals surface area contributed by atoms with Crippen LogP contribution >= 0.6 is 11.6 Å². The first-order valence-corrected chi connectivity index (χ1v) is 6.49. The van der Waals surface area contributed by atoms with Gasteiger partial charge in [0.2, 0.25) is 0 Å². The van der Waals surface area contributed by atoms with E-state index < -0.39 is 0 Å². The Balaban J connectivity index is 1.96. The highest BCUT2D eigenvalue weighted by Crippen LogP contribution is 2.71. The molecule has 0 spiro atoms. The summed E-state index contributed by atoms with van der Waals surface area (Å²) >= 11 is 5.49. The van der Waals surface area contributed by atoms with Crippen molar-refractivity contribution in [2.45, 2.75) is 57.5 Å². The van der Waals surface area contributed by atoms with Gasteiger partial charge in [-0.3, -0.25) is 4.79 Å². The summed E-state index contributed by atoms with van der Waals surface area (Å²) < 4.78 is 5.55. The van der Waals surface area contributed by atoms with Crippen LogP contribution in [0.4, 0.5) is 0 Å². The van der Waals surface area contributed by atoms with Crippen molar-refractivity contribution in [3.8, 4) is 0 Å². The summed E-state index contributed by atoms with van der Waals surface area (Å²) in [5.41, 5.74) is 0.235. The lowest BCUT2D eigenvalue weighted by Crippen LogP contribution is -2.23. The number of alkyl halides is 1. The topological polar surface area (TPSA) is 26.3 Å². The van der Waals surface area contributed by atoms with Gasteiger partial charge < -0.3 is 4.74 Å². The number of unbranched alkanes of at least 4 members (excludes halogenated alkanes) is 1. The average Bonchev–Trinajstić information content (AvgIpc) is 2.71. The summed E-state index contributed by atoms with van der Waals surface area (Å²) in [6, 6.07) is 0. The van der Waals surface area contributed by atoms with E-state index in [1.807, 2.05) is 0 Å². The molecular formula is C12H19ClO2. The van der Waals surface area contributed by atoms with Crippen molar-refractivity contribution in [2.24, 2.45) is 5.41 Å². The van der Waals surface area contributed by atoms with Gasteiger partial charge in [0.15, 0.2) is 0 Å². The summed E-state index contributed by atoms with van der Waals surface area (Å²) in [4.78, 5) is 11.3. The molecule has 0 radical (unpaired) electrons. The van der Waals surface area contributed by atoms with Crippen LogP contribution in [0.3, 0.4) is 0 Å². The summed E-state index contributed by atoms with van der Waals surface area (Å²) in [6.45, 7) is 2.21. The van der Waals surface area contributed by atoms with E-state index in [-0.39, 0.29) is 17.5 Å². The highest BCUT2D eigenvalue weighted by atomic mass is 35.5. The third-order valence-electron chi connectivity index (χ3n) is 4.13. The Kier molecular flexibility index (Phi) is 2.98. The number of ether oxygens (including phenoxy) is 1. The van der Waals surface area contributed by atoms with Gasteiger partial charge in [-0.2, -0.15) is 0 Å². The van der Waals surface area contributed by atoms with E-state index in [2.05, 4.69) is 6.92 Å². The smallest absolute Gasteiger partial charge is 0.321 e. The Morgan fingerprint density at radius 3 is 2.93 bits per heavy atom. The molecule has 2 aliphatic rings. The number of rotatable bonds is 5. The van der Waals surface area contributed by atoms with Crippen LogP contribution in [0.25, 0.3) is 0 Å². The fraction of sp³-hybridized carbons (Fsp3) is 0.917. The van der Waals surface area contributed by atoms with Gasteiger partial charge in [-0.05, 0) is 32.1 Å². The normalized spacial score (nSPS) is 37.5. The Bertz CT molecular complexity index is 266. The maximum Gasteiger partial charge on any atom is 0.321 e. The number of esters is 1. The zero-order chi connectivity index (χ0) is 10.9. The van der Waals surface area contributed by atoms with Crippen LogP contribution in [0, 0.1) is 5.41 Å². The summed E-state index contributed by atoms with van der Waals surface area (Å²) in [7, 11) is 0. The molecule has 0 aromatic heterocycles. The van der Waals surface area contributed by atoms with E-state index in [0.29, 0.717) is 5.41 Å². The maximum absolute atomic E-state index is 11.3. The second-order valence-corrected chi connectivity index (χ2v) is 5.28. The van der Waals surface area contributed by atoms with Gasteiger partial charge >= 0.3 is 5.97 Å². The van der Waals surface area contributed by atoms with Crippen molar-refractivity contribution in [3.05, 3.63) is 0 Å². The predicted molar refractivity (Wildman–Crippen MR) is 60.0 cm³/mol. The predicted octanol–water partition coefficient (Wildman–Crippen LogP) is 3.27. The zero-order valence-electron chi connectivity index (χ0n) is 9.35. The lowest BCUT2D eigenvalue weighted by atomic mass is 9.95. The van der Waals surface area contributed by atoms with E-state index in [1.165, 1.54) is 32.1 Å². The highest BCUT2D eigenvalue weighted by molar-refractivity contribution is 6.26. The molecule has 0 N–H and O–H groups in total. The van der Waals surface area contributed by atoms with E-state index in [0.717, 1.165) is 12.8 Å². The van der Waals surface area contributed by atoms with Crippen LogP contribution in [-0.4, -0.2) is 17.5 Å². The van der Waals surface area contributed by atoms with Gasteiger partial charge in [0.1, 0.15) is 11.5 Å². The van der Waals surface area contributed by atoms with Crippen LogP contribution in [0.1, 0.15) is 51.9 Å². The minimum atomic E-state index is -0.239. The lowest BCUT2D eigenvalue weighted by molar-refractivity contribution is -0.149. The molecule has 0 heterocycles. The molecule has 15 heavy (non-hydrogen) atoms. The van der Waals surface area contributed by atoms with Crippen molar-refractivity contribution in [2.75, 3.05) is 5.88 Å². The van der Waals surface area contributed by atoms with E-state index in [4.69, 9.17) is 16.3 Å². The van der Waals surface area contributed by atoms with Crippen molar-refractivity contribution in [1.29, 1.82) is 0 Å². The zero-order valence-corrected chi connectivity index (χ0v) is 10.1. The van der Waals surface area contributed by atoms with Crippen molar-refractivity contribution in [1.82, 2.24) is 0 Å². The Hall–Kier alpha value is -0.240. The summed E-state index contributed by atoms with van der Waals surface area (Å²) in [5.74, 6) is -0.247. The second kappa shape index (κ2) is 3.97. The molecule has 0 aromatic rings. The molecule has 0 bridgehead atoms. The van der Waals surface area contributed by atoms with Gasteiger partial charge in [-0.1, -0.05) is 19.8 Å². The first-order valence-electron chi connectivity index (χ1n) is 5.96. The number of carbonyl (C=O) groups is 1. The highest BCUT2D eigenvalue weighted by Gasteiger charge is 2.71. The first kappa shape index (κ1) is 11.3. The Morgan fingerprint density at radius 2 is 2.27 bits per heavy atom. The number of carbonyl (C=O) groups excluding carboxylic acids is 1. The van der Waals surface area contributed by atoms with E-state index in [1.54, 1.807) is 0 Å². The number of fused-ring (bicyclic) bond motifs is 1. The standard InChI is InChI=1S/C12H19ClO2/c1-2-3-5-11-6-4-7-12(11,9-11)15-10(14)8-13/h2-9H2,1H3/t11-,12-/m1/s1. The number of hydrogen-bond acceptors (Lipinski definition) is 2. The van der Waals surface area contributed by atoms with Gasteiger partial charge in [0.05, 0.1) is 0 Å². The quantitative estimate of drug-likeness (QED) is 0.535. The molecule has 0 amide bonds. The molecule has 0 saturated heterocycles. The second-order valence-electron chi connectivity index (χ2n) is 5.02. The fourth-order valence-corrected chi connectivity index (χ4v) is 3.34. The van der Waals surface area contributed by atoms with Gasteiger partial charge in [0.25, 0.3) is 0 Å². The largest absolute Gasteiger partial charge is 0.458 e. The molecule has 2 fully saturated rings. The molecule has 0 aromatic carbocycles.